The Kier molecular flexibility index (Phi) is 4.76. The zero-order valence-corrected chi connectivity index (χ0v) is 7.16. The maximum Gasteiger partial charge on any atom is 0.373 e. The van der Waals surface area contributed by atoms with Crippen molar-refractivity contribution in [1.29, 1.82) is 0 Å². The van der Waals surface area contributed by atoms with Crippen molar-refractivity contribution in [3.8, 4) is 0 Å². The first-order valence-corrected chi connectivity index (χ1v) is 3.66. The second-order valence-corrected chi connectivity index (χ2v) is 2.28. The summed E-state index contributed by atoms with van der Waals surface area (Å²) in [6.07, 6.45) is 1.51. The number of hydrogen-bond acceptors (Lipinski definition) is 4. The monoisotopic (exact) mass is 172 g/mol. The largest absolute Gasteiger partial charge is 0.502 e. The van der Waals surface area contributed by atoms with E-state index in [1.165, 1.54) is 6.92 Å². The van der Waals surface area contributed by atoms with Crippen LogP contribution in [0, 0.1) is 0 Å². The number of ketones is 1. The van der Waals surface area contributed by atoms with Gasteiger partial charge in [-0.3, -0.25) is 4.79 Å². The summed E-state index contributed by atoms with van der Waals surface area (Å²) in [5, 5.41) is 8.88. The minimum absolute atomic E-state index is 0.245. The summed E-state index contributed by atoms with van der Waals surface area (Å²) in [5.41, 5.74) is 0. The third-order valence-electron chi connectivity index (χ3n) is 0.986. The van der Waals surface area contributed by atoms with E-state index >= 15 is 0 Å². The molecule has 4 nitrogen and oxygen atoms in total. The molecular formula is C8H12O4. The number of hydrogen-bond donors (Lipinski definition) is 1. The highest BCUT2D eigenvalue weighted by Gasteiger charge is 2.08. The van der Waals surface area contributed by atoms with Gasteiger partial charge in [0.25, 0.3) is 0 Å². The maximum atomic E-state index is 10.7. The minimum Gasteiger partial charge on any atom is -0.502 e. The first-order chi connectivity index (χ1) is 5.57. The lowest BCUT2D eigenvalue weighted by Gasteiger charge is -2.00. The molecule has 0 saturated carbocycles. The molecule has 4 heteroatoms. The number of carbonyl (C=O) groups is 2. The molecule has 0 aromatic heterocycles. The molecule has 0 aromatic rings. The predicted molar refractivity (Wildman–Crippen MR) is 42.6 cm³/mol. The number of allylic oxidation sites excluding steroid dienone is 1. The Morgan fingerprint density at radius 2 is 2.08 bits per heavy atom. The smallest absolute Gasteiger partial charge is 0.373 e. The van der Waals surface area contributed by atoms with Gasteiger partial charge in [-0.2, -0.15) is 0 Å². The molecule has 0 rings (SSSR count). The third-order valence-corrected chi connectivity index (χ3v) is 0.986. The van der Waals surface area contributed by atoms with E-state index in [1.807, 2.05) is 6.92 Å². The van der Waals surface area contributed by atoms with Crippen molar-refractivity contribution < 1.29 is 19.4 Å². The van der Waals surface area contributed by atoms with Gasteiger partial charge in [0, 0.05) is 6.08 Å². The van der Waals surface area contributed by atoms with E-state index in [4.69, 9.17) is 5.11 Å². The fourth-order valence-corrected chi connectivity index (χ4v) is 0.520. The molecule has 0 aliphatic rings. The number of aliphatic hydroxyl groups is 1. The summed E-state index contributed by atoms with van der Waals surface area (Å²) in [6, 6.07) is 0. The third kappa shape index (κ3) is 4.49. The van der Waals surface area contributed by atoms with Crippen LogP contribution in [0.5, 0.6) is 0 Å². The molecule has 0 amide bonds. The molecule has 0 bridgehead atoms. The second kappa shape index (κ2) is 5.35. The van der Waals surface area contributed by atoms with Crippen molar-refractivity contribution in [2.24, 2.45) is 0 Å². The molecule has 68 valence electrons. The van der Waals surface area contributed by atoms with Crippen LogP contribution >= 0.6 is 0 Å². The van der Waals surface area contributed by atoms with E-state index in [9.17, 15) is 9.59 Å². The van der Waals surface area contributed by atoms with Crippen LogP contribution in [-0.4, -0.2) is 23.5 Å². The molecule has 0 atom stereocenters. The van der Waals surface area contributed by atoms with Crippen LogP contribution in [0.25, 0.3) is 0 Å². The minimum atomic E-state index is -0.855. The van der Waals surface area contributed by atoms with E-state index in [2.05, 4.69) is 4.74 Å². The Bertz CT molecular complexity index is 205. The molecular weight excluding hydrogens is 160 g/mol. The van der Waals surface area contributed by atoms with E-state index < -0.39 is 11.7 Å². The second-order valence-electron chi connectivity index (χ2n) is 2.28. The van der Waals surface area contributed by atoms with Crippen molar-refractivity contribution in [2.45, 2.75) is 20.3 Å². The van der Waals surface area contributed by atoms with Crippen molar-refractivity contribution in [2.75, 3.05) is 6.61 Å². The average Bonchev–Trinajstić information content (AvgIpc) is 1.98. The van der Waals surface area contributed by atoms with E-state index in [1.54, 1.807) is 0 Å². The summed E-state index contributed by atoms with van der Waals surface area (Å²) in [7, 11) is 0. The van der Waals surface area contributed by atoms with Crippen LogP contribution < -0.4 is 0 Å². The van der Waals surface area contributed by atoms with Crippen LogP contribution in [0.1, 0.15) is 20.3 Å². The lowest BCUT2D eigenvalue weighted by molar-refractivity contribution is -0.142. The molecule has 0 aromatic carbocycles. The van der Waals surface area contributed by atoms with Crippen molar-refractivity contribution in [3.05, 3.63) is 11.8 Å². The maximum absolute atomic E-state index is 10.7. The summed E-state index contributed by atoms with van der Waals surface area (Å²) in [5.74, 6) is -1.89. The quantitative estimate of drug-likeness (QED) is 0.390. The molecule has 0 unspecified atom stereocenters. The van der Waals surface area contributed by atoms with Gasteiger partial charge in [0.15, 0.2) is 5.78 Å². The van der Waals surface area contributed by atoms with Gasteiger partial charge in [-0.1, -0.05) is 6.92 Å². The van der Waals surface area contributed by atoms with Gasteiger partial charge in [0.1, 0.15) is 0 Å². The summed E-state index contributed by atoms with van der Waals surface area (Å²) < 4.78 is 4.54. The first kappa shape index (κ1) is 10.7. The Morgan fingerprint density at radius 1 is 1.50 bits per heavy atom. The topological polar surface area (TPSA) is 63.6 Å². The Hall–Kier alpha value is -1.32. The van der Waals surface area contributed by atoms with Crippen molar-refractivity contribution in [1.82, 2.24) is 0 Å². The van der Waals surface area contributed by atoms with Gasteiger partial charge in [-0.25, -0.2) is 4.79 Å². The van der Waals surface area contributed by atoms with Crippen LogP contribution in [0.15, 0.2) is 11.8 Å². The van der Waals surface area contributed by atoms with Crippen molar-refractivity contribution >= 4 is 11.8 Å². The molecule has 0 spiro atoms. The van der Waals surface area contributed by atoms with E-state index in [0.717, 1.165) is 6.08 Å². The lowest BCUT2D eigenvalue weighted by Crippen LogP contribution is -2.09. The fraction of sp³-hybridized carbons (Fsp3) is 0.500. The number of ether oxygens (including phenoxy) is 1. The Labute approximate surface area is 70.8 Å². The molecule has 12 heavy (non-hydrogen) atoms. The SMILES string of the molecule is CCCOC(=O)/C(O)=C/C(C)=O. The molecule has 0 saturated heterocycles. The Morgan fingerprint density at radius 3 is 2.50 bits per heavy atom. The van der Waals surface area contributed by atoms with Crippen molar-refractivity contribution in [3.63, 3.8) is 0 Å². The number of aliphatic hydroxyl groups excluding tert-OH is 1. The highest BCUT2D eigenvalue weighted by Crippen LogP contribution is 1.94. The summed E-state index contributed by atoms with van der Waals surface area (Å²) in [6.45, 7) is 3.32. The van der Waals surface area contributed by atoms with Crippen LogP contribution in [0.4, 0.5) is 0 Å². The van der Waals surface area contributed by atoms with Crippen LogP contribution in [0.3, 0.4) is 0 Å². The molecule has 0 fully saturated rings. The van der Waals surface area contributed by atoms with Gasteiger partial charge in [-0.15, -0.1) is 0 Å². The summed E-state index contributed by atoms with van der Waals surface area (Å²) >= 11 is 0. The van der Waals surface area contributed by atoms with Crippen LogP contribution in [-0.2, 0) is 14.3 Å². The van der Waals surface area contributed by atoms with Gasteiger partial charge >= 0.3 is 5.97 Å². The van der Waals surface area contributed by atoms with Gasteiger partial charge in [-0.05, 0) is 13.3 Å². The molecule has 0 aliphatic heterocycles. The highest BCUT2D eigenvalue weighted by molar-refractivity contribution is 5.96. The van der Waals surface area contributed by atoms with Crippen LogP contribution in [0.2, 0.25) is 0 Å². The van der Waals surface area contributed by atoms with Gasteiger partial charge in [0.05, 0.1) is 6.61 Å². The molecule has 0 aliphatic carbocycles. The zero-order chi connectivity index (χ0) is 9.56. The van der Waals surface area contributed by atoms with E-state index in [-0.39, 0.29) is 12.4 Å². The van der Waals surface area contributed by atoms with Gasteiger partial charge < -0.3 is 9.84 Å². The molecule has 1 N–H and O–H groups in total. The Balaban J connectivity index is 4.01. The predicted octanol–water partition coefficient (Wildman–Crippen LogP) is 0.971. The highest BCUT2D eigenvalue weighted by atomic mass is 16.5. The van der Waals surface area contributed by atoms with E-state index in [0.29, 0.717) is 6.42 Å². The number of esters is 1. The standard InChI is InChI=1S/C8H12O4/c1-3-4-12-8(11)7(10)5-6(2)9/h5,10H,3-4H2,1-2H3/b7-5-. The fourth-order valence-electron chi connectivity index (χ4n) is 0.520. The summed E-state index contributed by atoms with van der Waals surface area (Å²) in [4.78, 5) is 21.1. The lowest BCUT2D eigenvalue weighted by atomic mass is 10.3. The zero-order valence-electron chi connectivity index (χ0n) is 7.16. The number of rotatable bonds is 4. The molecule has 0 radical (unpaired) electrons. The average molecular weight is 172 g/mol. The van der Waals surface area contributed by atoms with Gasteiger partial charge in [0.2, 0.25) is 5.76 Å². The normalized spacial score (nSPS) is 11.0. The first-order valence-electron chi connectivity index (χ1n) is 3.66. The molecule has 0 heterocycles. The number of carbonyl (C=O) groups excluding carboxylic acids is 2.